The number of ether oxygens (including phenoxy) is 1. The summed E-state index contributed by atoms with van der Waals surface area (Å²) in [6.45, 7) is 2.63. The largest absolute Gasteiger partial charge is 0.497 e. The molecular formula is C19H24N2O3. The van der Waals surface area contributed by atoms with Gasteiger partial charge >= 0.3 is 6.03 Å². The van der Waals surface area contributed by atoms with E-state index in [-0.39, 0.29) is 12.6 Å². The number of carbonyl (C=O) groups excluding carboxylic acids is 1. The highest BCUT2D eigenvalue weighted by atomic mass is 16.5. The van der Waals surface area contributed by atoms with E-state index < -0.39 is 6.10 Å². The zero-order valence-electron chi connectivity index (χ0n) is 14.1. The maximum absolute atomic E-state index is 11.8. The lowest BCUT2D eigenvalue weighted by molar-refractivity contribution is 0.172. The van der Waals surface area contributed by atoms with Crippen molar-refractivity contribution in [1.29, 1.82) is 0 Å². The van der Waals surface area contributed by atoms with Gasteiger partial charge in [-0.2, -0.15) is 0 Å². The maximum atomic E-state index is 11.8. The molecule has 0 aromatic heterocycles. The molecular weight excluding hydrogens is 304 g/mol. The van der Waals surface area contributed by atoms with Crippen molar-refractivity contribution >= 4 is 6.03 Å². The van der Waals surface area contributed by atoms with Crippen molar-refractivity contribution in [1.82, 2.24) is 10.6 Å². The molecule has 1 atom stereocenters. The molecule has 0 saturated heterocycles. The van der Waals surface area contributed by atoms with Gasteiger partial charge in [-0.25, -0.2) is 4.79 Å². The molecule has 24 heavy (non-hydrogen) atoms. The molecule has 1 unspecified atom stereocenters. The molecule has 0 radical (unpaired) electrons. The predicted octanol–water partition coefficient (Wildman–Crippen LogP) is 2.58. The van der Waals surface area contributed by atoms with Crippen LogP contribution in [0.2, 0.25) is 0 Å². The average molecular weight is 328 g/mol. The summed E-state index contributed by atoms with van der Waals surface area (Å²) in [6.07, 6.45) is 0.000608. The van der Waals surface area contributed by atoms with E-state index >= 15 is 0 Å². The van der Waals surface area contributed by atoms with Crippen LogP contribution in [0.1, 0.15) is 22.8 Å². The van der Waals surface area contributed by atoms with Crippen LogP contribution >= 0.6 is 0 Å². The van der Waals surface area contributed by atoms with E-state index in [2.05, 4.69) is 10.6 Å². The number of amides is 2. The molecule has 5 heteroatoms. The summed E-state index contributed by atoms with van der Waals surface area (Å²) < 4.78 is 5.17. The van der Waals surface area contributed by atoms with Crippen molar-refractivity contribution in [3.05, 3.63) is 65.2 Å². The third-order valence-corrected chi connectivity index (χ3v) is 3.84. The summed E-state index contributed by atoms with van der Waals surface area (Å²) in [4.78, 5) is 11.8. The molecule has 2 amide bonds. The SMILES string of the molecule is COc1cccc(CCNC(=O)NCC(O)c2ccccc2C)c1. The van der Waals surface area contributed by atoms with Crippen LogP contribution in [0.5, 0.6) is 5.75 Å². The van der Waals surface area contributed by atoms with E-state index in [4.69, 9.17) is 4.74 Å². The average Bonchev–Trinajstić information content (AvgIpc) is 2.60. The Bertz CT molecular complexity index is 673. The number of urea groups is 1. The Morgan fingerprint density at radius 2 is 1.96 bits per heavy atom. The minimum atomic E-state index is -0.713. The summed E-state index contributed by atoms with van der Waals surface area (Å²) in [7, 11) is 1.63. The Hall–Kier alpha value is -2.53. The van der Waals surface area contributed by atoms with Crippen molar-refractivity contribution in [3.63, 3.8) is 0 Å². The van der Waals surface area contributed by atoms with Crippen LogP contribution in [-0.4, -0.2) is 31.3 Å². The van der Waals surface area contributed by atoms with Crippen LogP contribution in [0.25, 0.3) is 0 Å². The molecule has 0 saturated carbocycles. The molecule has 128 valence electrons. The van der Waals surface area contributed by atoms with Gasteiger partial charge in [0.1, 0.15) is 5.75 Å². The lowest BCUT2D eigenvalue weighted by Crippen LogP contribution is -2.38. The molecule has 0 aliphatic carbocycles. The molecule has 3 N–H and O–H groups in total. The second-order valence-electron chi connectivity index (χ2n) is 5.61. The van der Waals surface area contributed by atoms with Gasteiger partial charge in [0.05, 0.1) is 13.2 Å². The lowest BCUT2D eigenvalue weighted by atomic mass is 10.0. The number of rotatable bonds is 7. The minimum Gasteiger partial charge on any atom is -0.497 e. The number of nitrogens with one attached hydrogen (secondary N) is 2. The van der Waals surface area contributed by atoms with Gasteiger partial charge in [-0.15, -0.1) is 0 Å². The van der Waals surface area contributed by atoms with Gasteiger partial charge in [-0.05, 0) is 42.2 Å². The van der Waals surface area contributed by atoms with Crippen molar-refractivity contribution < 1.29 is 14.6 Å². The third-order valence-electron chi connectivity index (χ3n) is 3.84. The van der Waals surface area contributed by atoms with E-state index in [9.17, 15) is 9.90 Å². The molecule has 2 aromatic carbocycles. The molecule has 2 rings (SSSR count). The Kier molecular flexibility index (Phi) is 6.63. The van der Waals surface area contributed by atoms with Crippen molar-refractivity contribution in [2.24, 2.45) is 0 Å². The van der Waals surface area contributed by atoms with Gasteiger partial charge in [-0.1, -0.05) is 36.4 Å². The minimum absolute atomic E-state index is 0.176. The lowest BCUT2D eigenvalue weighted by Gasteiger charge is -2.15. The van der Waals surface area contributed by atoms with Crippen molar-refractivity contribution in [3.8, 4) is 5.75 Å². The molecule has 0 fully saturated rings. The number of aliphatic hydroxyl groups excluding tert-OH is 1. The van der Waals surface area contributed by atoms with Crippen molar-refractivity contribution in [2.75, 3.05) is 20.2 Å². The fourth-order valence-electron chi connectivity index (χ4n) is 2.47. The van der Waals surface area contributed by atoms with Crippen LogP contribution in [0, 0.1) is 6.92 Å². The number of carbonyl (C=O) groups is 1. The highest BCUT2D eigenvalue weighted by Crippen LogP contribution is 2.16. The summed E-state index contributed by atoms with van der Waals surface area (Å²) >= 11 is 0. The Balaban J connectivity index is 1.72. The standard InChI is InChI=1S/C19H24N2O3/c1-14-6-3-4-9-17(14)18(22)13-21-19(23)20-11-10-15-7-5-8-16(12-15)24-2/h3-9,12,18,22H,10-11,13H2,1-2H3,(H2,20,21,23). The highest BCUT2D eigenvalue weighted by molar-refractivity contribution is 5.73. The van der Waals surface area contributed by atoms with Gasteiger partial charge in [0, 0.05) is 13.1 Å². The maximum Gasteiger partial charge on any atom is 0.314 e. The monoisotopic (exact) mass is 328 g/mol. The van der Waals surface area contributed by atoms with Crippen LogP contribution in [0.3, 0.4) is 0 Å². The second kappa shape index (κ2) is 8.93. The normalized spacial score (nSPS) is 11.6. The first-order chi connectivity index (χ1) is 11.6. The first kappa shape index (κ1) is 17.8. The number of aryl methyl sites for hydroxylation is 1. The zero-order chi connectivity index (χ0) is 17.4. The van der Waals surface area contributed by atoms with Gasteiger partial charge in [0.15, 0.2) is 0 Å². The molecule has 0 aliphatic rings. The molecule has 2 aromatic rings. The highest BCUT2D eigenvalue weighted by Gasteiger charge is 2.11. The van der Waals surface area contributed by atoms with E-state index in [1.807, 2.05) is 55.5 Å². The predicted molar refractivity (Wildman–Crippen MR) is 94.2 cm³/mol. The quantitative estimate of drug-likeness (QED) is 0.731. The second-order valence-corrected chi connectivity index (χ2v) is 5.61. The van der Waals surface area contributed by atoms with E-state index in [0.717, 1.165) is 22.4 Å². The molecule has 5 nitrogen and oxygen atoms in total. The Morgan fingerprint density at radius 1 is 1.17 bits per heavy atom. The summed E-state index contributed by atoms with van der Waals surface area (Å²) in [5.74, 6) is 0.804. The van der Waals surface area contributed by atoms with Crippen molar-refractivity contribution in [2.45, 2.75) is 19.4 Å². The van der Waals surface area contributed by atoms with Crippen LogP contribution in [-0.2, 0) is 6.42 Å². The number of aliphatic hydroxyl groups is 1. The van der Waals surface area contributed by atoms with E-state index in [1.165, 1.54) is 0 Å². The topological polar surface area (TPSA) is 70.6 Å². The van der Waals surface area contributed by atoms with E-state index in [1.54, 1.807) is 7.11 Å². The van der Waals surface area contributed by atoms with E-state index in [0.29, 0.717) is 13.0 Å². The van der Waals surface area contributed by atoms with Gasteiger partial charge in [0.2, 0.25) is 0 Å². The number of methoxy groups -OCH3 is 1. The zero-order valence-corrected chi connectivity index (χ0v) is 14.1. The van der Waals surface area contributed by atoms with Crippen LogP contribution < -0.4 is 15.4 Å². The fourth-order valence-corrected chi connectivity index (χ4v) is 2.47. The number of hydrogen-bond acceptors (Lipinski definition) is 3. The van der Waals surface area contributed by atoms with Gasteiger partial charge in [-0.3, -0.25) is 0 Å². The van der Waals surface area contributed by atoms with Gasteiger partial charge in [0.25, 0.3) is 0 Å². The first-order valence-electron chi connectivity index (χ1n) is 7.98. The first-order valence-corrected chi connectivity index (χ1v) is 7.98. The number of hydrogen-bond donors (Lipinski definition) is 3. The molecule has 0 bridgehead atoms. The number of benzene rings is 2. The summed E-state index contributed by atoms with van der Waals surface area (Å²) in [5, 5.41) is 15.6. The van der Waals surface area contributed by atoms with Crippen LogP contribution in [0.15, 0.2) is 48.5 Å². The molecule has 0 heterocycles. The van der Waals surface area contributed by atoms with Crippen LogP contribution in [0.4, 0.5) is 4.79 Å². The Morgan fingerprint density at radius 3 is 2.71 bits per heavy atom. The third kappa shape index (κ3) is 5.28. The molecule has 0 aliphatic heterocycles. The summed E-state index contributed by atoms with van der Waals surface area (Å²) in [5.41, 5.74) is 2.93. The van der Waals surface area contributed by atoms with Gasteiger partial charge < -0.3 is 20.5 Å². The summed E-state index contributed by atoms with van der Waals surface area (Å²) in [6, 6.07) is 15.1. The fraction of sp³-hybridized carbons (Fsp3) is 0.316. The molecule has 0 spiro atoms. The smallest absolute Gasteiger partial charge is 0.314 e. The Labute approximate surface area is 142 Å².